The van der Waals surface area contributed by atoms with E-state index in [2.05, 4.69) is 5.32 Å². The third-order valence-corrected chi connectivity index (χ3v) is 3.83. The van der Waals surface area contributed by atoms with Gasteiger partial charge in [0, 0.05) is 0 Å². The van der Waals surface area contributed by atoms with Crippen molar-refractivity contribution < 1.29 is 19.4 Å². The summed E-state index contributed by atoms with van der Waals surface area (Å²) in [7, 11) is 0. The Hall–Kier alpha value is -2.82. The fraction of sp³-hybridized carbons (Fsp3) is 0.300. The number of ether oxygens (including phenoxy) is 1. The number of amides is 1. The predicted octanol–water partition coefficient (Wildman–Crippen LogP) is 3.48. The highest BCUT2D eigenvalue weighted by molar-refractivity contribution is 5.82. The first-order valence-electron chi connectivity index (χ1n) is 8.30. The fourth-order valence-corrected chi connectivity index (χ4v) is 2.55. The van der Waals surface area contributed by atoms with Gasteiger partial charge >= 0.3 is 5.97 Å². The van der Waals surface area contributed by atoms with Gasteiger partial charge in [-0.1, -0.05) is 49.4 Å². The number of nitrogens with one attached hydrogen (secondary N) is 1. The maximum Gasteiger partial charge on any atom is 0.305 e. The van der Waals surface area contributed by atoms with Crippen molar-refractivity contribution in [3.8, 4) is 5.75 Å². The molecule has 2 atom stereocenters. The highest BCUT2D eigenvalue weighted by Crippen LogP contribution is 2.19. The smallest absolute Gasteiger partial charge is 0.305 e. The minimum absolute atomic E-state index is 0.184. The second-order valence-electron chi connectivity index (χ2n) is 5.90. The van der Waals surface area contributed by atoms with Gasteiger partial charge in [-0.15, -0.1) is 0 Å². The van der Waals surface area contributed by atoms with Crippen molar-refractivity contribution in [1.82, 2.24) is 5.32 Å². The molecule has 2 aromatic carbocycles. The van der Waals surface area contributed by atoms with Crippen LogP contribution in [0, 0.1) is 6.92 Å². The minimum atomic E-state index is -0.971. The van der Waals surface area contributed by atoms with Crippen LogP contribution in [0.15, 0.2) is 54.6 Å². The van der Waals surface area contributed by atoms with Crippen LogP contribution >= 0.6 is 0 Å². The molecule has 2 aromatic rings. The van der Waals surface area contributed by atoms with E-state index in [-0.39, 0.29) is 12.3 Å². The molecule has 0 aliphatic carbocycles. The van der Waals surface area contributed by atoms with Gasteiger partial charge in [0.1, 0.15) is 5.75 Å². The molecule has 0 aliphatic rings. The van der Waals surface area contributed by atoms with Crippen LogP contribution in [0.3, 0.4) is 0 Å². The Morgan fingerprint density at radius 1 is 1.12 bits per heavy atom. The molecule has 0 spiro atoms. The highest BCUT2D eigenvalue weighted by atomic mass is 16.5. The largest absolute Gasteiger partial charge is 0.481 e. The quantitative estimate of drug-likeness (QED) is 0.771. The van der Waals surface area contributed by atoms with E-state index in [0.29, 0.717) is 12.2 Å². The zero-order valence-corrected chi connectivity index (χ0v) is 14.4. The fourth-order valence-electron chi connectivity index (χ4n) is 2.55. The molecular weight excluding hydrogens is 318 g/mol. The molecule has 5 nitrogen and oxygen atoms in total. The first-order chi connectivity index (χ1) is 12.0. The minimum Gasteiger partial charge on any atom is -0.481 e. The van der Waals surface area contributed by atoms with Gasteiger partial charge in [-0.2, -0.15) is 0 Å². The molecule has 5 heteroatoms. The maximum absolute atomic E-state index is 12.6. The average molecular weight is 341 g/mol. The molecule has 0 aromatic heterocycles. The van der Waals surface area contributed by atoms with Gasteiger partial charge < -0.3 is 15.2 Å². The molecule has 0 fully saturated rings. The summed E-state index contributed by atoms with van der Waals surface area (Å²) in [5.74, 6) is -0.669. The number of carbonyl (C=O) groups excluding carboxylic acids is 1. The number of aryl methyl sites for hydroxylation is 1. The van der Waals surface area contributed by atoms with Crippen LogP contribution in [0.25, 0.3) is 0 Å². The van der Waals surface area contributed by atoms with Crippen molar-refractivity contribution in [2.75, 3.05) is 0 Å². The third-order valence-electron chi connectivity index (χ3n) is 3.83. The van der Waals surface area contributed by atoms with Crippen LogP contribution in [-0.4, -0.2) is 23.1 Å². The summed E-state index contributed by atoms with van der Waals surface area (Å²) in [6.07, 6.45) is -0.382. The molecule has 0 bridgehead atoms. The lowest BCUT2D eigenvalue weighted by Gasteiger charge is -2.22. The van der Waals surface area contributed by atoms with E-state index >= 15 is 0 Å². The van der Waals surface area contributed by atoms with E-state index in [1.54, 1.807) is 18.2 Å². The molecule has 2 unspecified atom stereocenters. The molecular formula is C20H23NO4. The number of hydrogen-bond donors (Lipinski definition) is 2. The number of hydrogen-bond acceptors (Lipinski definition) is 3. The van der Waals surface area contributed by atoms with Crippen LogP contribution in [0.4, 0.5) is 0 Å². The molecule has 0 radical (unpaired) electrons. The summed E-state index contributed by atoms with van der Waals surface area (Å²) >= 11 is 0. The van der Waals surface area contributed by atoms with E-state index in [9.17, 15) is 9.59 Å². The molecule has 0 heterocycles. The first kappa shape index (κ1) is 18.5. The van der Waals surface area contributed by atoms with Crippen molar-refractivity contribution in [1.29, 1.82) is 0 Å². The van der Waals surface area contributed by atoms with E-state index in [0.717, 1.165) is 11.1 Å². The summed E-state index contributed by atoms with van der Waals surface area (Å²) in [5, 5.41) is 11.9. The normalized spacial score (nSPS) is 12.9. The molecule has 2 N–H and O–H groups in total. The van der Waals surface area contributed by atoms with Crippen LogP contribution in [-0.2, 0) is 9.59 Å². The zero-order chi connectivity index (χ0) is 18.2. The molecule has 2 rings (SSSR count). The highest BCUT2D eigenvalue weighted by Gasteiger charge is 2.24. The topological polar surface area (TPSA) is 75.6 Å². The summed E-state index contributed by atoms with van der Waals surface area (Å²) in [4.78, 5) is 23.7. The first-order valence-corrected chi connectivity index (χ1v) is 8.30. The summed E-state index contributed by atoms with van der Waals surface area (Å²) < 4.78 is 5.79. The number of carboxylic acids is 1. The number of rotatable bonds is 8. The van der Waals surface area contributed by atoms with E-state index in [4.69, 9.17) is 9.84 Å². The zero-order valence-electron chi connectivity index (χ0n) is 14.4. The SMILES string of the molecule is CCC(Oc1cccc(C)c1)C(=O)NC(CC(=O)O)c1ccccc1. The second-order valence-corrected chi connectivity index (χ2v) is 5.90. The molecule has 25 heavy (non-hydrogen) atoms. The Morgan fingerprint density at radius 3 is 2.44 bits per heavy atom. The van der Waals surface area contributed by atoms with Gasteiger partial charge in [0.2, 0.25) is 0 Å². The van der Waals surface area contributed by atoms with Crippen LogP contribution in [0.1, 0.15) is 36.9 Å². The lowest BCUT2D eigenvalue weighted by molar-refractivity contribution is -0.138. The number of carboxylic acid groups (broad SMARTS) is 1. The second kappa shape index (κ2) is 8.87. The Labute approximate surface area is 147 Å². The van der Waals surface area contributed by atoms with Crippen LogP contribution in [0.2, 0.25) is 0 Å². The van der Waals surface area contributed by atoms with Crippen LogP contribution in [0.5, 0.6) is 5.75 Å². The van der Waals surface area contributed by atoms with Gasteiger partial charge in [0.05, 0.1) is 12.5 Å². The van der Waals surface area contributed by atoms with E-state index in [1.165, 1.54) is 0 Å². The number of benzene rings is 2. The predicted molar refractivity (Wildman–Crippen MR) is 95.5 cm³/mol. The van der Waals surface area contributed by atoms with Gasteiger partial charge in [-0.25, -0.2) is 0 Å². The summed E-state index contributed by atoms with van der Waals surface area (Å²) in [5.41, 5.74) is 1.80. The van der Waals surface area contributed by atoms with E-state index in [1.807, 2.05) is 50.2 Å². The van der Waals surface area contributed by atoms with Gasteiger partial charge in [-0.3, -0.25) is 9.59 Å². The molecule has 0 aliphatic heterocycles. The Bertz CT molecular complexity index is 715. The number of carbonyl (C=O) groups is 2. The summed E-state index contributed by atoms with van der Waals surface area (Å²) in [6, 6.07) is 16.0. The van der Waals surface area contributed by atoms with Crippen molar-refractivity contribution in [3.63, 3.8) is 0 Å². The molecule has 0 saturated carbocycles. The lowest BCUT2D eigenvalue weighted by Crippen LogP contribution is -2.40. The van der Waals surface area contributed by atoms with Gasteiger partial charge in [-0.05, 0) is 36.6 Å². The number of aliphatic carboxylic acids is 1. The Kier molecular flexibility index (Phi) is 6.57. The maximum atomic E-state index is 12.6. The van der Waals surface area contributed by atoms with Crippen molar-refractivity contribution in [2.24, 2.45) is 0 Å². The monoisotopic (exact) mass is 341 g/mol. The van der Waals surface area contributed by atoms with Gasteiger partial charge in [0.25, 0.3) is 5.91 Å². The van der Waals surface area contributed by atoms with Crippen molar-refractivity contribution in [2.45, 2.75) is 38.8 Å². The Morgan fingerprint density at radius 2 is 1.84 bits per heavy atom. The standard InChI is InChI=1S/C20H23NO4/c1-3-18(25-16-11-7-8-14(2)12-16)20(24)21-17(13-19(22)23)15-9-5-4-6-10-15/h4-12,17-18H,3,13H2,1-2H3,(H,21,24)(H,22,23). The molecule has 0 saturated heterocycles. The van der Waals surface area contributed by atoms with E-state index < -0.39 is 18.1 Å². The molecule has 132 valence electrons. The molecule has 1 amide bonds. The summed E-state index contributed by atoms with van der Waals surface area (Å²) in [6.45, 7) is 3.81. The van der Waals surface area contributed by atoms with Gasteiger partial charge in [0.15, 0.2) is 6.10 Å². The van der Waals surface area contributed by atoms with Crippen LogP contribution < -0.4 is 10.1 Å². The average Bonchev–Trinajstić information content (AvgIpc) is 2.59. The Balaban J connectivity index is 2.10. The van der Waals surface area contributed by atoms with Crippen molar-refractivity contribution >= 4 is 11.9 Å². The third kappa shape index (κ3) is 5.64. The van der Waals surface area contributed by atoms with Crippen molar-refractivity contribution in [3.05, 3.63) is 65.7 Å². The lowest BCUT2D eigenvalue weighted by atomic mass is 10.0.